The average Bonchev–Trinajstić information content (AvgIpc) is 2.52. The molecule has 0 aromatic heterocycles. The first kappa shape index (κ1) is 22.6. The highest BCUT2D eigenvalue weighted by Gasteiger charge is 2.21. The molecule has 0 fully saturated rings. The third-order valence-corrected chi connectivity index (χ3v) is 3.96. The van der Waals surface area contributed by atoms with Crippen LogP contribution in [0.3, 0.4) is 0 Å². The lowest BCUT2D eigenvalue weighted by Crippen LogP contribution is -2.27. The van der Waals surface area contributed by atoms with Crippen LogP contribution in [0, 0.1) is 5.92 Å². The zero-order valence-corrected chi connectivity index (χ0v) is 15.6. The van der Waals surface area contributed by atoms with Gasteiger partial charge in [0.25, 0.3) is 0 Å². The molecule has 0 aromatic rings. The highest BCUT2D eigenvalue weighted by atomic mass is 16.5. The lowest BCUT2D eigenvalue weighted by molar-refractivity contribution is -0.148. The summed E-state index contributed by atoms with van der Waals surface area (Å²) in [6.07, 6.45) is 11.2. The molecule has 0 saturated carbocycles. The van der Waals surface area contributed by atoms with Crippen LogP contribution in [-0.2, 0) is 23.9 Å². The van der Waals surface area contributed by atoms with Crippen LogP contribution in [0.2, 0.25) is 0 Å². The molecule has 0 aliphatic rings. The van der Waals surface area contributed by atoms with E-state index < -0.39 is 17.9 Å². The Morgan fingerprint density at radius 3 is 1.54 bits per heavy atom. The SMILES string of the molecule is CCCCCCCCCCCC(=O)C(COC(C)=O)COC(C)=O. The Hall–Kier alpha value is -1.39. The summed E-state index contributed by atoms with van der Waals surface area (Å²) in [5, 5.41) is 0. The molecule has 0 amide bonds. The van der Waals surface area contributed by atoms with Crippen LogP contribution in [0.15, 0.2) is 0 Å². The number of Topliss-reactive ketones (excluding diaryl/α,β-unsaturated/α-hetero) is 1. The second-order valence-electron chi connectivity index (χ2n) is 6.35. The molecular formula is C19H34O5. The van der Waals surface area contributed by atoms with Crippen molar-refractivity contribution in [3.63, 3.8) is 0 Å². The minimum Gasteiger partial charge on any atom is -0.465 e. The second-order valence-corrected chi connectivity index (χ2v) is 6.35. The second kappa shape index (κ2) is 15.2. The van der Waals surface area contributed by atoms with Crippen molar-refractivity contribution in [2.75, 3.05) is 13.2 Å². The summed E-state index contributed by atoms with van der Waals surface area (Å²) in [6.45, 7) is 4.78. The number of ether oxygens (including phenoxy) is 2. The molecule has 0 saturated heterocycles. The minimum absolute atomic E-state index is 0.000413. The van der Waals surface area contributed by atoms with Gasteiger partial charge in [-0.05, 0) is 6.42 Å². The van der Waals surface area contributed by atoms with Gasteiger partial charge in [-0.15, -0.1) is 0 Å². The van der Waals surface area contributed by atoms with Crippen molar-refractivity contribution in [2.24, 2.45) is 5.92 Å². The normalized spacial score (nSPS) is 10.7. The molecule has 0 bridgehead atoms. The zero-order valence-electron chi connectivity index (χ0n) is 15.6. The number of carbonyl (C=O) groups excluding carboxylic acids is 3. The third kappa shape index (κ3) is 14.2. The number of unbranched alkanes of at least 4 members (excludes halogenated alkanes) is 8. The van der Waals surface area contributed by atoms with Crippen LogP contribution in [-0.4, -0.2) is 30.9 Å². The number of esters is 2. The van der Waals surface area contributed by atoms with Crippen molar-refractivity contribution in [1.29, 1.82) is 0 Å². The van der Waals surface area contributed by atoms with Gasteiger partial charge in [-0.25, -0.2) is 0 Å². The molecule has 5 nitrogen and oxygen atoms in total. The van der Waals surface area contributed by atoms with Crippen LogP contribution in [0.25, 0.3) is 0 Å². The van der Waals surface area contributed by atoms with E-state index in [1.54, 1.807) is 0 Å². The fourth-order valence-electron chi connectivity index (χ4n) is 2.48. The number of ketones is 1. The standard InChI is InChI=1S/C19H34O5/c1-4-5-6-7-8-9-10-11-12-13-19(22)18(14-23-16(2)20)15-24-17(3)21/h18H,4-15H2,1-3H3. The molecule has 0 rings (SSSR count). The van der Waals surface area contributed by atoms with E-state index >= 15 is 0 Å². The van der Waals surface area contributed by atoms with Gasteiger partial charge in [0.2, 0.25) is 0 Å². The molecule has 0 unspecified atom stereocenters. The van der Waals surface area contributed by atoms with Crippen LogP contribution in [0.5, 0.6) is 0 Å². The molecule has 140 valence electrons. The van der Waals surface area contributed by atoms with Crippen molar-refractivity contribution in [2.45, 2.75) is 85.0 Å². The van der Waals surface area contributed by atoms with Gasteiger partial charge in [0, 0.05) is 20.3 Å². The predicted octanol–water partition coefficient (Wildman–Crippen LogP) is 4.22. The molecule has 0 aromatic carbocycles. The van der Waals surface area contributed by atoms with Gasteiger partial charge < -0.3 is 9.47 Å². The van der Waals surface area contributed by atoms with Gasteiger partial charge in [-0.1, -0.05) is 58.3 Å². The van der Waals surface area contributed by atoms with Crippen LogP contribution < -0.4 is 0 Å². The first-order valence-corrected chi connectivity index (χ1v) is 9.26. The first-order chi connectivity index (χ1) is 11.5. The van der Waals surface area contributed by atoms with Gasteiger partial charge in [-0.3, -0.25) is 14.4 Å². The fourth-order valence-corrected chi connectivity index (χ4v) is 2.48. The smallest absolute Gasteiger partial charge is 0.302 e. The number of rotatable bonds is 15. The predicted molar refractivity (Wildman–Crippen MR) is 93.6 cm³/mol. The van der Waals surface area contributed by atoms with Crippen LogP contribution >= 0.6 is 0 Å². The van der Waals surface area contributed by atoms with Gasteiger partial charge in [0.15, 0.2) is 0 Å². The number of hydrogen-bond donors (Lipinski definition) is 0. The summed E-state index contributed by atoms with van der Waals surface area (Å²) >= 11 is 0. The highest BCUT2D eigenvalue weighted by Crippen LogP contribution is 2.13. The topological polar surface area (TPSA) is 69.7 Å². The van der Waals surface area contributed by atoms with Gasteiger partial charge in [0.1, 0.15) is 19.0 Å². The summed E-state index contributed by atoms with van der Waals surface area (Å²) in [5.41, 5.74) is 0. The monoisotopic (exact) mass is 342 g/mol. The van der Waals surface area contributed by atoms with Crippen LogP contribution in [0.4, 0.5) is 0 Å². The van der Waals surface area contributed by atoms with Gasteiger partial charge in [-0.2, -0.15) is 0 Å². The van der Waals surface area contributed by atoms with Crippen molar-refractivity contribution in [3.8, 4) is 0 Å². The van der Waals surface area contributed by atoms with Crippen LogP contribution in [0.1, 0.15) is 85.0 Å². The van der Waals surface area contributed by atoms with Gasteiger partial charge >= 0.3 is 11.9 Å². The largest absolute Gasteiger partial charge is 0.465 e. The summed E-state index contributed by atoms with van der Waals surface area (Å²) in [5.74, 6) is -1.41. The quantitative estimate of drug-likeness (QED) is 0.329. The molecule has 0 N–H and O–H groups in total. The lowest BCUT2D eigenvalue weighted by Gasteiger charge is -2.15. The molecule has 5 heteroatoms. The van der Waals surface area contributed by atoms with Gasteiger partial charge in [0.05, 0.1) is 5.92 Å². The average molecular weight is 342 g/mol. The molecule has 0 radical (unpaired) electrons. The first-order valence-electron chi connectivity index (χ1n) is 9.26. The molecule has 0 spiro atoms. The number of carbonyl (C=O) groups is 3. The van der Waals surface area contributed by atoms with E-state index in [9.17, 15) is 14.4 Å². The molecule has 0 heterocycles. The van der Waals surface area contributed by atoms with E-state index in [0.29, 0.717) is 6.42 Å². The molecular weight excluding hydrogens is 308 g/mol. The Balaban J connectivity index is 3.87. The fraction of sp³-hybridized carbons (Fsp3) is 0.842. The molecule has 24 heavy (non-hydrogen) atoms. The van der Waals surface area contributed by atoms with E-state index in [-0.39, 0.29) is 19.0 Å². The maximum atomic E-state index is 12.2. The van der Waals surface area contributed by atoms with E-state index in [2.05, 4.69) is 6.92 Å². The highest BCUT2D eigenvalue weighted by molar-refractivity contribution is 5.82. The summed E-state index contributed by atoms with van der Waals surface area (Å²) in [6, 6.07) is 0. The van der Waals surface area contributed by atoms with Crippen molar-refractivity contribution < 1.29 is 23.9 Å². The molecule has 0 atom stereocenters. The molecule has 0 aliphatic heterocycles. The Morgan fingerprint density at radius 2 is 1.12 bits per heavy atom. The Labute approximate surface area is 146 Å². The lowest BCUT2D eigenvalue weighted by atomic mass is 9.99. The van der Waals surface area contributed by atoms with E-state index in [1.807, 2.05) is 0 Å². The maximum Gasteiger partial charge on any atom is 0.302 e. The number of hydrogen-bond acceptors (Lipinski definition) is 5. The third-order valence-electron chi connectivity index (χ3n) is 3.96. The van der Waals surface area contributed by atoms with Crippen molar-refractivity contribution in [3.05, 3.63) is 0 Å². The minimum atomic E-state index is -0.549. The summed E-state index contributed by atoms with van der Waals surface area (Å²) in [4.78, 5) is 34.0. The summed E-state index contributed by atoms with van der Waals surface area (Å²) in [7, 11) is 0. The summed E-state index contributed by atoms with van der Waals surface area (Å²) < 4.78 is 9.80. The molecule has 0 aliphatic carbocycles. The Bertz CT molecular complexity index is 347. The maximum absolute atomic E-state index is 12.2. The Morgan fingerprint density at radius 1 is 0.708 bits per heavy atom. The Kier molecular flexibility index (Phi) is 14.3. The zero-order chi connectivity index (χ0) is 18.2. The van der Waals surface area contributed by atoms with E-state index in [0.717, 1.165) is 19.3 Å². The van der Waals surface area contributed by atoms with Crippen molar-refractivity contribution in [1.82, 2.24) is 0 Å². The van der Waals surface area contributed by atoms with Crippen molar-refractivity contribution >= 4 is 17.7 Å². The van der Waals surface area contributed by atoms with E-state index in [4.69, 9.17) is 9.47 Å². The van der Waals surface area contributed by atoms with E-state index in [1.165, 1.54) is 52.4 Å².